The van der Waals surface area contributed by atoms with Crippen molar-refractivity contribution in [3.05, 3.63) is 23.8 Å². The summed E-state index contributed by atoms with van der Waals surface area (Å²) in [5.41, 5.74) is 6.25. The maximum absolute atomic E-state index is 12.4. The number of nitrogens with two attached hydrogens (primary N) is 1. The predicted octanol–water partition coefficient (Wildman–Crippen LogP) is 0.0936. The van der Waals surface area contributed by atoms with Gasteiger partial charge in [-0.15, -0.1) is 0 Å². The Morgan fingerprint density at radius 2 is 2.00 bits per heavy atom. The maximum atomic E-state index is 12.4. The lowest BCUT2D eigenvalue weighted by Gasteiger charge is -2.16. The van der Waals surface area contributed by atoms with E-state index in [0.717, 1.165) is 0 Å². The lowest BCUT2D eigenvalue weighted by Crippen LogP contribution is -2.35. The predicted molar refractivity (Wildman–Crippen MR) is 78.7 cm³/mol. The summed E-state index contributed by atoms with van der Waals surface area (Å²) in [7, 11) is 0.707. The molecule has 1 unspecified atom stereocenters. The number of sulfonamides is 1. The molecule has 0 heterocycles. The van der Waals surface area contributed by atoms with Crippen molar-refractivity contribution in [2.24, 2.45) is 5.73 Å². The van der Waals surface area contributed by atoms with Crippen LogP contribution >= 0.6 is 0 Å². The Kier molecular flexibility index (Phi) is 7.06. The van der Waals surface area contributed by atoms with Crippen LogP contribution in [-0.2, 0) is 26.0 Å². The SMILES string of the molecule is COCC(CNS(=O)(=O)c1cc(CN)ccc1OC)OC. The van der Waals surface area contributed by atoms with Crippen LogP contribution in [0.2, 0.25) is 0 Å². The van der Waals surface area contributed by atoms with E-state index >= 15 is 0 Å². The third kappa shape index (κ3) is 4.94. The minimum Gasteiger partial charge on any atom is -0.495 e. The monoisotopic (exact) mass is 318 g/mol. The molecule has 21 heavy (non-hydrogen) atoms. The van der Waals surface area contributed by atoms with E-state index in [2.05, 4.69) is 4.72 Å². The molecule has 0 amide bonds. The Morgan fingerprint density at radius 3 is 2.52 bits per heavy atom. The first-order valence-electron chi connectivity index (χ1n) is 6.36. The average molecular weight is 318 g/mol. The molecule has 8 heteroatoms. The highest BCUT2D eigenvalue weighted by molar-refractivity contribution is 7.89. The van der Waals surface area contributed by atoms with Gasteiger partial charge in [0.05, 0.1) is 19.8 Å². The van der Waals surface area contributed by atoms with Crippen LogP contribution in [0.1, 0.15) is 5.56 Å². The van der Waals surface area contributed by atoms with Gasteiger partial charge in [0.15, 0.2) is 0 Å². The molecule has 0 aromatic heterocycles. The van der Waals surface area contributed by atoms with Crippen LogP contribution in [0.4, 0.5) is 0 Å². The molecule has 0 saturated heterocycles. The first-order chi connectivity index (χ1) is 9.98. The van der Waals surface area contributed by atoms with Crippen molar-refractivity contribution in [2.75, 3.05) is 34.5 Å². The zero-order valence-corrected chi connectivity index (χ0v) is 13.3. The lowest BCUT2D eigenvalue weighted by atomic mass is 10.2. The molecule has 1 atom stereocenters. The minimum absolute atomic E-state index is 0.0558. The molecule has 3 N–H and O–H groups in total. The Morgan fingerprint density at radius 1 is 1.29 bits per heavy atom. The summed E-state index contributed by atoms with van der Waals surface area (Å²) >= 11 is 0. The fourth-order valence-electron chi connectivity index (χ4n) is 1.73. The fraction of sp³-hybridized carbons (Fsp3) is 0.538. The molecule has 0 aliphatic heterocycles. The molecule has 120 valence electrons. The van der Waals surface area contributed by atoms with E-state index in [0.29, 0.717) is 12.2 Å². The summed E-state index contributed by atoms with van der Waals surface area (Å²) in [6, 6.07) is 4.81. The van der Waals surface area contributed by atoms with Crippen molar-refractivity contribution in [3.63, 3.8) is 0 Å². The first-order valence-corrected chi connectivity index (χ1v) is 7.85. The van der Waals surface area contributed by atoms with E-state index in [-0.39, 0.29) is 29.8 Å². The normalized spacial score (nSPS) is 13.1. The Hall–Kier alpha value is -1.19. The summed E-state index contributed by atoms with van der Waals surface area (Å²) in [4.78, 5) is 0.0558. The standard InChI is InChI=1S/C13H22N2O5S/c1-18-9-11(19-2)8-15-21(16,17)13-6-10(7-14)4-5-12(13)20-3/h4-6,11,15H,7-9,14H2,1-3H3. The van der Waals surface area contributed by atoms with Crippen LogP contribution in [-0.4, -0.2) is 49.0 Å². The third-order valence-electron chi connectivity index (χ3n) is 2.94. The van der Waals surface area contributed by atoms with Crippen molar-refractivity contribution in [2.45, 2.75) is 17.5 Å². The number of nitrogens with one attached hydrogen (secondary N) is 1. The van der Waals surface area contributed by atoms with E-state index in [1.807, 2.05) is 0 Å². The largest absolute Gasteiger partial charge is 0.495 e. The molecule has 0 aliphatic carbocycles. The Labute approximate surface area is 125 Å². The topological polar surface area (TPSA) is 99.9 Å². The Balaban J connectivity index is 2.96. The van der Waals surface area contributed by atoms with Gasteiger partial charge in [0.1, 0.15) is 10.6 Å². The first kappa shape index (κ1) is 17.9. The van der Waals surface area contributed by atoms with E-state index in [4.69, 9.17) is 19.9 Å². The van der Waals surface area contributed by atoms with Gasteiger partial charge in [-0.3, -0.25) is 0 Å². The summed E-state index contributed by atoms with van der Waals surface area (Å²) in [5, 5.41) is 0. The molecule has 1 aromatic carbocycles. The molecular weight excluding hydrogens is 296 g/mol. The molecule has 7 nitrogen and oxygen atoms in total. The summed E-state index contributed by atoms with van der Waals surface area (Å²) in [6.45, 7) is 0.637. The van der Waals surface area contributed by atoms with Gasteiger partial charge in [-0.25, -0.2) is 13.1 Å². The van der Waals surface area contributed by atoms with Crippen LogP contribution in [0.15, 0.2) is 23.1 Å². The number of hydrogen-bond donors (Lipinski definition) is 2. The molecule has 0 fully saturated rings. The van der Waals surface area contributed by atoms with Crippen LogP contribution < -0.4 is 15.2 Å². The fourth-order valence-corrected chi connectivity index (χ4v) is 3.02. The zero-order chi connectivity index (χ0) is 15.9. The number of ether oxygens (including phenoxy) is 3. The molecule has 1 rings (SSSR count). The zero-order valence-electron chi connectivity index (χ0n) is 12.5. The van der Waals surface area contributed by atoms with Gasteiger partial charge >= 0.3 is 0 Å². The van der Waals surface area contributed by atoms with Gasteiger partial charge in [0, 0.05) is 27.3 Å². The lowest BCUT2D eigenvalue weighted by molar-refractivity contribution is 0.0320. The molecule has 0 aliphatic rings. The van der Waals surface area contributed by atoms with Crippen molar-refractivity contribution in [1.82, 2.24) is 4.72 Å². The van der Waals surface area contributed by atoms with Crippen molar-refractivity contribution in [1.29, 1.82) is 0 Å². The van der Waals surface area contributed by atoms with Crippen LogP contribution in [0, 0.1) is 0 Å². The highest BCUT2D eigenvalue weighted by Gasteiger charge is 2.21. The average Bonchev–Trinajstić information content (AvgIpc) is 2.50. The van der Waals surface area contributed by atoms with Gasteiger partial charge < -0.3 is 19.9 Å². The second-order valence-electron chi connectivity index (χ2n) is 4.35. The van der Waals surface area contributed by atoms with Crippen LogP contribution in [0.5, 0.6) is 5.75 Å². The van der Waals surface area contributed by atoms with E-state index in [1.54, 1.807) is 12.1 Å². The quantitative estimate of drug-likeness (QED) is 0.669. The van der Waals surface area contributed by atoms with Gasteiger partial charge in [0.25, 0.3) is 0 Å². The van der Waals surface area contributed by atoms with Crippen molar-refractivity contribution >= 4 is 10.0 Å². The van der Waals surface area contributed by atoms with Crippen LogP contribution in [0.3, 0.4) is 0 Å². The van der Waals surface area contributed by atoms with E-state index in [1.165, 1.54) is 27.4 Å². The van der Waals surface area contributed by atoms with Gasteiger partial charge in [-0.2, -0.15) is 0 Å². The number of methoxy groups -OCH3 is 3. The minimum atomic E-state index is -3.73. The number of benzene rings is 1. The van der Waals surface area contributed by atoms with Crippen molar-refractivity contribution < 1.29 is 22.6 Å². The maximum Gasteiger partial charge on any atom is 0.244 e. The second kappa shape index (κ2) is 8.30. The molecular formula is C13H22N2O5S. The highest BCUT2D eigenvalue weighted by Crippen LogP contribution is 2.24. The Bertz CT molecular complexity index is 547. The van der Waals surface area contributed by atoms with Crippen LogP contribution in [0.25, 0.3) is 0 Å². The highest BCUT2D eigenvalue weighted by atomic mass is 32.2. The van der Waals surface area contributed by atoms with E-state index < -0.39 is 10.0 Å². The number of rotatable bonds is 9. The summed E-state index contributed by atoms with van der Waals surface area (Å²) in [6.07, 6.45) is -0.367. The smallest absolute Gasteiger partial charge is 0.244 e. The van der Waals surface area contributed by atoms with Gasteiger partial charge in [0.2, 0.25) is 10.0 Å². The summed E-state index contributed by atoms with van der Waals surface area (Å²) in [5.74, 6) is 0.264. The van der Waals surface area contributed by atoms with Gasteiger partial charge in [-0.05, 0) is 17.7 Å². The number of hydrogen-bond acceptors (Lipinski definition) is 6. The molecule has 1 aromatic rings. The van der Waals surface area contributed by atoms with Crippen molar-refractivity contribution in [3.8, 4) is 5.75 Å². The molecule has 0 spiro atoms. The van der Waals surface area contributed by atoms with Gasteiger partial charge in [-0.1, -0.05) is 6.07 Å². The van der Waals surface area contributed by atoms with E-state index in [9.17, 15) is 8.42 Å². The third-order valence-corrected chi connectivity index (χ3v) is 4.38. The molecule has 0 saturated carbocycles. The second-order valence-corrected chi connectivity index (χ2v) is 6.09. The molecule has 0 bridgehead atoms. The summed E-state index contributed by atoms with van der Waals surface area (Å²) < 4.78 is 42.4. The molecule has 0 radical (unpaired) electrons.